The lowest BCUT2D eigenvalue weighted by atomic mass is 10.3. The third-order valence-corrected chi connectivity index (χ3v) is 7.54. The summed E-state index contributed by atoms with van der Waals surface area (Å²) < 4.78 is 38.4. The van der Waals surface area contributed by atoms with Crippen LogP contribution in [0.2, 0.25) is 15.1 Å². The van der Waals surface area contributed by atoms with Gasteiger partial charge in [-0.2, -0.15) is 5.10 Å². The number of aromatic nitrogens is 2. The minimum absolute atomic E-state index is 0.0423. The number of carbonyl (C=O) groups is 1. The van der Waals surface area contributed by atoms with Crippen molar-refractivity contribution in [2.75, 3.05) is 12.4 Å². The lowest BCUT2D eigenvalue weighted by Crippen LogP contribution is -2.15. The van der Waals surface area contributed by atoms with Gasteiger partial charge in [-0.1, -0.05) is 40.9 Å². The van der Waals surface area contributed by atoms with Crippen molar-refractivity contribution in [2.45, 2.75) is 16.5 Å². The number of carbonyl (C=O) groups excluding carboxylic acids is 1. The summed E-state index contributed by atoms with van der Waals surface area (Å²) in [6, 6.07) is 16.4. The summed E-state index contributed by atoms with van der Waals surface area (Å²) >= 11 is 18.1. The average Bonchev–Trinajstić information content (AvgIpc) is 3.33. The molecular weight excluding hydrogens is 549 g/mol. The van der Waals surface area contributed by atoms with Gasteiger partial charge >= 0.3 is 0 Å². The summed E-state index contributed by atoms with van der Waals surface area (Å²) in [6.45, 7) is -0.0423. The van der Waals surface area contributed by atoms with E-state index in [4.69, 9.17) is 44.3 Å². The number of rotatable bonds is 8. The Morgan fingerprint density at radius 2 is 1.67 bits per heavy atom. The summed E-state index contributed by atoms with van der Waals surface area (Å²) in [5.74, 6) is -0.0170. The zero-order chi connectivity index (χ0) is 25.9. The Kier molecular flexibility index (Phi) is 7.75. The fraction of sp³-hybridized carbons (Fsp3) is 0.0833. The van der Waals surface area contributed by atoms with Crippen molar-refractivity contribution in [1.82, 2.24) is 9.78 Å². The number of para-hydroxylation sites is 1. The van der Waals surface area contributed by atoms with Crippen molar-refractivity contribution >= 4 is 56.2 Å². The standard InChI is InChI=1S/C24H18Cl3N3O5S/c1-34-17-11-16(12-19(13-17)36(32,33)18-7-5-15(25)6-8-18)28-24(31)22-9-10-30(29-22)14-35-23-20(26)3-2-4-21(23)27/h2-13H,14H2,1H3,(H,28,31). The van der Waals surface area contributed by atoms with Gasteiger partial charge in [0.1, 0.15) is 5.75 Å². The van der Waals surface area contributed by atoms with Gasteiger partial charge in [0.25, 0.3) is 5.91 Å². The maximum Gasteiger partial charge on any atom is 0.276 e. The second-order valence-corrected chi connectivity index (χ2v) is 10.6. The molecule has 0 aliphatic heterocycles. The zero-order valence-corrected chi connectivity index (χ0v) is 21.7. The molecule has 1 amide bonds. The van der Waals surface area contributed by atoms with E-state index in [1.165, 1.54) is 60.3 Å². The van der Waals surface area contributed by atoms with Gasteiger partial charge in [-0.05, 0) is 54.6 Å². The number of nitrogens with zero attached hydrogens (tertiary/aromatic N) is 2. The van der Waals surface area contributed by atoms with Gasteiger partial charge in [0.15, 0.2) is 18.2 Å². The van der Waals surface area contributed by atoms with Gasteiger partial charge in [-0.25, -0.2) is 13.1 Å². The van der Waals surface area contributed by atoms with Crippen LogP contribution in [0.15, 0.2) is 82.7 Å². The lowest BCUT2D eigenvalue weighted by molar-refractivity contribution is 0.102. The van der Waals surface area contributed by atoms with Crippen LogP contribution < -0.4 is 14.8 Å². The van der Waals surface area contributed by atoms with Crippen molar-refractivity contribution in [3.63, 3.8) is 0 Å². The third kappa shape index (κ3) is 5.76. The second-order valence-electron chi connectivity index (χ2n) is 7.37. The van der Waals surface area contributed by atoms with E-state index in [2.05, 4.69) is 10.4 Å². The van der Waals surface area contributed by atoms with Crippen molar-refractivity contribution < 1.29 is 22.7 Å². The smallest absolute Gasteiger partial charge is 0.276 e. The molecule has 12 heteroatoms. The summed E-state index contributed by atoms with van der Waals surface area (Å²) in [5.41, 5.74) is 0.286. The molecule has 1 N–H and O–H groups in total. The van der Waals surface area contributed by atoms with Crippen LogP contribution in [0.4, 0.5) is 5.69 Å². The summed E-state index contributed by atoms with van der Waals surface area (Å²) in [4.78, 5) is 12.8. The molecule has 0 unspecified atom stereocenters. The first-order valence-electron chi connectivity index (χ1n) is 10.3. The quantitative estimate of drug-likeness (QED) is 0.282. The van der Waals surface area contributed by atoms with Crippen molar-refractivity contribution in [3.05, 3.63) is 93.7 Å². The highest BCUT2D eigenvalue weighted by atomic mass is 35.5. The third-order valence-electron chi connectivity index (χ3n) is 4.94. The van der Waals surface area contributed by atoms with E-state index < -0.39 is 15.7 Å². The summed E-state index contributed by atoms with van der Waals surface area (Å²) in [6.07, 6.45) is 1.54. The normalized spacial score (nSPS) is 11.2. The highest BCUT2D eigenvalue weighted by molar-refractivity contribution is 7.91. The number of methoxy groups -OCH3 is 1. The van der Waals surface area contributed by atoms with Gasteiger partial charge < -0.3 is 14.8 Å². The van der Waals surface area contributed by atoms with E-state index in [-0.39, 0.29) is 33.7 Å². The first-order valence-corrected chi connectivity index (χ1v) is 12.9. The molecule has 8 nitrogen and oxygen atoms in total. The molecule has 4 rings (SSSR count). The van der Waals surface area contributed by atoms with E-state index in [1.54, 1.807) is 24.4 Å². The number of ether oxygens (including phenoxy) is 2. The molecule has 1 aromatic heterocycles. The highest BCUT2D eigenvalue weighted by Crippen LogP contribution is 2.32. The Hall–Kier alpha value is -3.24. The van der Waals surface area contributed by atoms with E-state index in [1.807, 2.05) is 0 Å². The molecular formula is C24H18Cl3N3O5S. The van der Waals surface area contributed by atoms with Crippen LogP contribution in [0, 0.1) is 0 Å². The van der Waals surface area contributed by atoms with Crippen molar-refractivity contribution in [3.8, 4) is 11.5 Å². The number of hydrogen-bond donors (Lipinski definition) is 1. The van der Waals surface area contributed by atoms with Gasteiger partial charge in [-0.15, -0.1) is 0 Å². The Bertz CT molecular complexity index is 1500. The maximum absolute atomic E-state index is 13.1. The van der Waals surface area contributed by atoms with E-state index >= 15 is 0 Å². The number of anilines is 1. The van der Waals surface area contributed by atoms with Gasteiger partial charge in [0.2, 0.25) is 9.84 Å². The summed E-state index contributed by atoms with van der Waals surface area (Å²) in [5, 5.41) is 7.92. The van der Waals surface area contributed by atoms with Gasteiger partial charge in [-0.3, -0.25) is 4.79 Å². The van der Waals surface area contributed by atoms with Crippen LogP contribution in [0.25, 0.3) is 0 Å². The zero-order valence-electron chi connectivity index (χ0n) is 18.6. The SMILES string of the molecule is COc1cc(NC(=O)c2ccn(COc3c(Cl)cccc3Cl)n2)cc(S(=O)(=O)c2ccc(Cl)cc2)c1. The lowest BCUT2D eigenvalue weighted by Gasteiger charge is -2.11. The Balaban J connectivity index is 1.52. The molecule has 0 aliphatic carbocycles. The fourth-order valence-electron chi connectivity index (χ4n) is 3.17. The molecule has 0 saturated carbocycles. The number of sulfone groups is 1. The molecule has 0 atom stereocenters. The molecule has 4 aromatic rings. The van der Waals surface area contributed by atoms with Crippen molar-refractivity contribution in [2.24, 2.45) is 0 Å². The Labute approximate surface area is 222 Å². The molecule has 0 fully saturated rings. The van der Waals surface area contributed by atoms with Crippen LogP contribution in [0.1, 0.15) is 10.5 Å². The first-order chi connectivity index (χ1) is 17.2. The van der Waals surface area contributed by atoms with Crippen LogP contribution >= 0.6 is 34.8 Å². The molecule has 0 saturated heterocycles. The molecule has 1 heterocycles. The van der Waals surface area contributed by atoms with Crippen molar-refractivity contribution in [1.29, 1.82) is 0 Å². The van der Waals surface area contributed by atoms with Crippen LogP contribution in [0.3, 0.4) is 0 Å². The van der Waals surface area contributed by atoms with E-state index in [0.717, 1.165) is 0 Å². The number of amides is 1. The number of benzene rings is 3. The largest absolute Gasteiger partial charge is 0.497 e. The summed E-state index contributed by atoms with van der Waals surface area (Å²) in [7, 11) is -2.50. The van der Waals surface area contributed by atoms with Gasteiger partial charge in [0, 0.05) is 23.0 Å². The average molecular weight is 567 g/mol. The van der Waals surface area contributed by atoms with E-state index in [0.29, 0.717) is 20.8 Å². The van der Waals surface area contributed by atoms with Crippen LogP contribution in [-0.4, -0.2) is 31.2 Å². The molecule has 3 aromatic carbocycles. The molecule has 0 bridgehead atoms. The molecule has 0 radical (unpaired) electrons. The Morgan fingerprint density at radius 3 is 2.33 bits per heavy atom. The molecule has 36 heavy (non-hydrogen) atoms. The number of hydrogen-bond acceptors (Lipinski definition) is 6. The first kappa shape index (κ1) is 25.8. The number of halogens is 3. The number of nitrogens with one attached hydrogen (secondary N) is 1. The predicted molar refractivity (Wildman–Crippen MR) is 137 cm³/mol. The fourth-order valence-corrected chi connectivity index (χ4v) is 5.12. The minimum atomic E-state index is -3.90. The molecule has 0 spiro atoms. The van der Waals surface area contributed by atoms with Crippen LogP contribution in [0.5, 0.6) is 11.5 Å². The molecule has 0 aliphatic rings. The molecule has 186 valence electrons. The second kappa shape index (κ2) is 10.8. The highest BCUT2D eigenvalue weighted by Gasteiger charge is 2.21. The topological polar surface area (TPSA) is 99.5 Å². The van der Waals surface area contributed by atoms with Crippen LogP contribution in [-0.2, 0) is 16.6 Å². The Morgan fingerprint density at radius 1 is 0.972 bits per heavy atom. The van der Waals surface area contributed by atoms with E-state index in [9.17, 15) is 13.2 Å². The maximum atomic E-state index is 13.1. The van der Waals surface area contributed by atoms with Gasteiger partial charge in [0.05, 0.1) is 26.9 Å². The monoisotopic (exact) mass is 565 g/mol. The predicted octanol–water partition coefficient (Wildman–Crippen LogP) is 5.97. The minimum Gasteiger partial charge on any atom is -0.497 e.